The Labute approximate surface area is 149 Å². The summed E-state index contributed by atoms with van der Waals surface area (Å²) in [5, 5.41) is 0. The lowest BCUT2D eigenvalue weighted by Gasteiger charge is -2.21. The smallest absolute Gasteiger partial charge is 0.335 e. The minimum atomic E-state index is -4.33. The number of aromatic nitrogens is 2. The molecule has 4 nitrogen and oxygen atoms in total. The van der Waals surface area contributed by atoms with Gasteiger partial charge in [-0.2, -0.15) is 13.2 Å². The van der Waals surface area contributed by atoms with E-state index in [4.69, 9.17) is 0 Å². The number of halogens is 3. The first kappa shape index (κ1) is 17.0. The molecule has 1 unspecified atom stereocenters. The fourth-order valence-corrected chi connectivity index (χ4v) is 4.38. The molecule has 0 spiro atoms. The molecule has 1 saturated carbocycles. The van der Waals surface area contributed by atoms with Crippen molar-refractivity contribution >= 4 is 5.91 Å². The molecule has 2 heterocycles. The van der Waals surface area contributed by atoms with Gasteiger partial charge in [0.15, 0.2) is 0 Å². The summed E-state index contributed by atoms with van der Waals surface area (Å²) in [7, 11) is 0. The van der Waals surface area contributed by atoms with Crippen LogP contribution in [0.15, 0.2) is 42.7 Å². The Morgan fingerprint density at radius 2 is 1.62 bits per heavy atom. The fraction of sp³-hybridized carbons (Fsp3) is 0.421. The minimum Gasteiger partial charge on any atom is -0.335 e. The highest BCUT2D eigenvalue weighted by Crippen LogP contribution is 2.48. The number of rotatable bonds is 2. The Hall–Kier alpha value is -2.44. The third kappa shape index (κ3) is 3.06. The van der Waals surface area contributed by atoms with Crippen LogP contribution in [0.3, 0.4) is 0 Å². The zero-order valence-corrected chi connectivity index (χ0v) is 14.0. The maximum absolute atomic E-state index is 13.3. The van der Waals surface area contributed by atoms with Crippen molar-refractivity contribution in [2.45, 2.75) is 24.9 Å². The van der Waals surface area contributed by atoms with Crippen LogP contribution in [0.4, 0.5) is 13.2 Å². The molecule has 2 aromatic rings. The van der Waals surface area contributed by atoms with Crippen molar-refractivity contribution in [1.29, 1.82) is 0 Å². The number of nitrogens with zero attached hydrogens (tertiary/aromatic N) is 3. The molecule has 1 aromatic heterocycles. The van der Waals surface area contributed by atoms with Gasteiger partial charge in [0.25, 0.3) is 5.91 Å². The molecule has 1 aromatic carbocycles. The monoisotopic (exact) mass is 361 g/mol. The third-order valence-electron chi connectivity index (χ3n) is 5.50. The first-order valence-electron chi connectivity index (χ1n) is 8.66. The second-order valence-electron chi connectivity index (χ2n) is 7.06. The number of alkyl halides is 3. The molecule has 1 amide bonds. The van der Waals surface area contributed by atoms with E-state index in [0.29, 0.717) is 31.5 Å². The predicted octanol–water partition coefficient (Wildman–Crippen LogP) is 3.76. The fourth-order valence-electron chi connectivity index (χ4n) is 4.38. The lowest BCUT2D eigenvalue weighted by atomic mass is 9.91. The number of hydrogen-bond acceptors (Lipinski definition) is 3. The first-order valence-corrected chi connectivity index (χ1v) is 8.66. The van der Waals surface area contributed by atoms with Gasteiger partial charge >= 0.3 is 6.18 Å². The van der Waals surface area contributed by atoms with Crippen molar-refractivity contribution in [3.05, 3.63) is 59.7 Å². The maximum Gasteiger partial charge on any atom is 0.416 e. The quantitative estimate of drug-likeness (QED) is 0.818. The Balaban J connectivity index is 1.47. The van der Waals surface area contributed by atoms with Crippen LogP contribution in [0, 0.1) is 11.8 Å². The lowest BCUT2D eigenvalue weighted by molar-refractivity contribution is -0.138. The van der Waals surface area contributed by atoms with Crippen molar-refractivity contribution in [3.8, 4) is 0 Å². The number of benzene rings is 1. The Morgan fingerprint density at radius 3 is 2.23 bits per heavy atom. The zero-order valence-electron chi connectivity index (χ0n) is 14.0. The van der Waals surface area contributed by atoms with Gasteiger partial charge in [-0.15, -0.1) is 0 Å². The summed E-state index contributed by atoms with van der Waals surface area (Å²) in [5.41, 5.74) is -0.144. The van der Waals surface area contributed by atoms with Gasteiger partial charge < -0.3 is 4.90 Å². The normalized spacial score (nSPS) is 25.3. The summed E-state index contributed by atoms with van der Waals surface area (Å²) in [4.78, 5) is 22.2. The molecule has 2 fully saturated rings. The zero-order chi connectivity index (χ0) is 18.3. The van der Waals surface area contributed by atoms with Gasteiger partial charge in [-0.3, -0.25) is 4.79 Å². The van der Waals surface area contributed by atoms with E-state index >= 15 is 0 Å². The topological polar surface area (TPSA) is 46.1 Å². The van der Waals surface area contributed by atoms with E-state index in [0.717, 1.165) is 6.07 Å². The number of carbonyl (C=O) groups is 1. The minimum absolute atomic E-state index is 0.104. The van der Waals surface area contributed by atoms with Crippen molar-refractivity contribution < 1.29 is 18.0 Å². The van der Waals surface area contributed by atoms with Crippen LogP contribution in [-0.4, -0.2) is 33.9 Å². The molecule has 1 aliphatic heterocycles. The van der Waals surface area contributed by atoms with Crippen LogP contribution in [0.2, 0.25) is 0 Å². The highest BCUT2D eigenvalue weighted by Gasteiger charge is 2.45. The largest absolute Gasteiger partial charge is 0.416 e. The summed E-state index contributed by atoms with van der Waals surface area (Å²) >= 11 is 0. The molecule has 0 radical (unpaired) electrons. The van der Waals surface area contributed by atoms with Crippen LogP contribution < -0.4 is 0 Å². The van der Waals surface area contributed by atoms with Crippen molar-refractivity contribution in [2.24, 2.45) is 11.8 Å². The summed E-state index contributed by atoms with van der Waals surface area (Å²) in [5.74, 6) is 0.328. The Morgan fingerprint density at radius 1 is 1.00 bits per heavy atom. The Bertz CT molecular complexity index is 795. The summed E-state index contributed by atoms with van der Waals surface area (Å²) < 4.78 is 39.8. The molecular weight excluding hydrogens is 343 g/mol. The second-order valence-corrected chi connectivity index (χ2v) is 7.06. The van der Waals surface area contributed by atoms with Crippen molar-refractivity contribution in [1.82, 2.24) is 14.9 Å². The summed E-state index contributed by atoms with van der Waals surface area (Å²) in [6, 6.07) is 7.50. The molecule has 1 aliphatic carbocycles. The van der Waals surface area contributed by atoms with E-state index in [2.05, 4.69) is 9.97 Å². The van der Waals surface area contributed by atoms with E-state index in [1.54, 1.807) is 23.1 Å². The van der Waals surface area contributed by atoms with Crippen molar-refractivity contribution in [3.63, 3.8) is 0 Å². The molecule has 136 valence electrons. The maximum atomic E-state index is 13.3. The van der Waals surface area contributed by atoms with Gasteiger partial charge in [-0.25, -0.2) is 9.97 Å². The van der Waals surface area contributed by atoms with Gasteiger partial charge in [0.2, 0.25) is 5.82 Å². The number of fused-ring (bicyclic) bond motifs is 1. The molecular formula is C19H18F3N3O. The van der Waals surface area contributed by atoms with Gasteiger partial charge in [0.1, 0.15) is 0 Å². The van der Waals surface area contributed by atoms with E-state index in [1.807, 2.05) is 0 Å². The summed E-state index contributed by atoms with van der Waals surface area (Å²) in [6.07, 6.45) is 0.0811. The molecule has 7 heteroatoms. The molecule has 2 aliphatic rings. The van der Waals surface area contributed by atoms with Crippen LogP contribution in [0.5, 0.6) is 0 Å². The van der Waals surface area contributed by atoms with Crippen LogP contribution >= 0.6 is 0 Å². The highest BCUT2D eigenvalue weighted by molar-refractivity contribution is 5.90. The first-order chi connectivity index (χ1) is 12.4. The molecule has 0 N–H and O–H groups in total. The van der Waals surface area contributed by atoms with E-state index in [1.165, 1.54) is 18.5 Å². The van der Waals surface area contributed by atoms with E-state index in [9.17, 15) is 18.0 Å². The molecule has 26 heavy (non-hydrogen) atoms. The number of amides is 1. The number of carbonyl (C=O) groups excluding carboxylic acids is 1. The van der Waals surface area contributed by atoms with Crippen LogP contribution in [0.1, 0.15) is 40.5 Å². The lowest BCUT2D eigenvalue weighted by Crippen LogP contribution is -2.31. The number of hydrogen-bond donors (Lipinski definition) is 0. The van der Waals surface area contributed by atoms with Gasteiger partial charge in [-0.1, -0.05) is 18.2 Å². The third-order valence-corrected chi connectivity index (χ3v) is 5.50. The van der Waals surface area contributed by atoms with Gasteiger partial charge in [0, 0.05) is 25.5 Å². The highest BCUT2D eigenvalue weighted by atomic mass is 19.4. The molecule has 4 rings (SSSR count). The standard InChI is InChI=1S/C19H18F3N3O/c20-19(21,22)16-5-2-1-4-15(16)12-8-13-10-25(11-14(13)9-12)18(26)17-23-6-3-7-24-17/h1-7,12-14H,8-11H2/t12?,13-,14+. The molecule has 1 saturated heterocycles. The van der Waals surface area contributed by atoms with Gasteiger partial charge in [0.05, 0.1) is 5.56 Å². The van der Waals surface area contributed by atoms with E-state index in [-0.39, 0.29) is 29.5 Å². The van der Waals surface area contributed by atoms with Crippen molar-refractivity contribution in [2.75, 3.05) is 13.1 Å². The summed E-state index contributed by atoms with van der Waals surface area (Å²) in [6.45, 7) is 1.12. The SMILES string of the molecule is O=C(c1ncccn1)N1C[C@H]2CC(c3ccccc3C(F)(F)F)C[C@H]2C1. The van der Waals surface area contributed by atoms with Gasteiger partial charge in [-0.05, 0) is 48.3 Å². The predicted molar refractivity (Wildman–Crippen MR) is 88.3 cm³/mol. The van der Waals surface area contributed by atoms with Crippen LogP contribution in [0.25, 0.3) is 0 Å². The Kier molecular flexibility index (Phi) is 4.17. The molecule has 3 atom stereocenters. The average Bonchev–Trinajstić information content (AvgIpc) is 3.20. The average molecular weight is 361 g/mol. The second kappa shape index (κ2) is 6.37. The van der Waals surface area contributed by atoms with Crippen LogP contribution in [-0.2, 0) is 6.18 Å². The van der Waals surface area contributed by atoms with E-state index < -0.39 is 11.7 Å². The number of likely N-dealkylation sites (tertiary alicyclic amines) is 1. The molecule has 0 bridgehead atoms.